The summed E-state index contributed by atoms with van der Waals surface area (Å²) < 4.78 is 11.4. The quantitative estimate of drug-likeness (QED) is 0.580. The van der Waals surface area contributed by atoms with Gasteiger partial charge in [-0.2, -0.15) is 0 Å². The Morgan fingerprint density at radius 3 is 2.60 bits per heavy atom. The zero-order chi connectivity index (χ0) is 17.6. The number of rotatable bonds is 2. The van der Waals surface area contributed by atoms with Crippen molar-refractivity contribution in [3.8, 4) is 17.3 Å². The lowest BCUT2D eigenvalue weighted by Gasteiger charge is -2.06. The summed E-state index contributed by atoms with van der Waals surface area (Å²) in [5.74, 6) is -0.548. The van der Waals surface area contributed by atoms with Crippen LogP contribution in [0.1, 0.15) is 6.92 Å². The molecule has 2 N–H and O–H groups in total. The number of carbonyl (C=O) groups excluding carboxylic acids is 1. The second-order valence-corrected chi connectivity index (χ2v) is 5.65. The van der Waals surface area contributed by atoms with Crippen LogP contribution in [0, 0.1) is 0 Å². The molecular formula is C19H13NO5. The Balaban J connectivity index is 1.95. The van der Waals surface area contributed by atoms with Crippen molar-refractivity contribution in [2.24, 2.45) is 0 Å². The molecule has 0 spiro atoms. The molecule has 0 unspecified atom stereocenters. The Labute approximate surface area is 141 Å². The molecule has 0 atom stereocenters. The number of para-hydroxylation sites is 1. The standard InChI is InChI=1S/C19H13NO5/c1-10(21)20-12-6-7-13-15(9-12)25-19(18(23)17(13)22)16-8-11-4-2-3-5-14(11)24-16/h2-9,23H,1H3,(H,20,21). The molecule has 1 amide bonds. The van der Waals surface area contributed by atoms with Gasteiger partial charge in [-0.25, -0.2) is 0 Å². The molecular weight excluding hydrogens is 322 g/mol. The maximum atomic E-state index is 12.4. The number of aromatic hydroxyl groups is 1. The van der Waals surface area contributed by atoms with E-state index in [2.05, 4.69) is 5.32 Å². The molecule has 0 aliphatic rings. The number of nitrogens with one attached hydrogen (secondary N) is 1. The summed E-state index contributed by atoms with van der Waals surface area (Å²) in [4.78, 5) is 23.6. The van der Waals surface area contributed by atoms with Gasteiger partial charge < -0.3 is 19.3 Å². The van der Waals surface area contributed by atoms with Crippen molar-refractivity contribution < 1.29 is 18.7 Å². The number of hydrogen-bond donors (Lipinski definition) is 2. The number of amides is 1. The molecule has 6 heteroatoms. The molecule has 0 saturated carbocycles. The van der Waals surface area contributed by atoms with E-state index in [0.29, 0.717) is 11.3 Å². The lowest BCUT2D eigenvalue weighted by atomic mass is 10.1. The van der Waals surface area contributed by atoms with Crippen LogP contribution in [0.15, 0.2) is 62.2 Å². The van der Waals surface area contributed by atoms with Crippen molar-refractivity contribution in [3.63, 3.8) is 0 Å². The fourth-order valence-electron chi connectivity index (χ4n) is 2.73. The molecule has 2 aromatic heterocycles. The third kappa shape index (κ3) is 2.53. The molecule has 2 heterocycles. The van der Waals surface area contributed by atoms with Crippen molar-refractivity contribution >= 4 is 33.5 Å². The summed E-state index contributed by atoms with van der Waals surface area (Å²) in [6, 6.07) is 13.6. The van der Waals surface area contributed by atoms with Gasteiger partial charge in [0.2, 0.25) is 22.8 Å². The summed E-state index contributed by atoms with van der Waals surface area (Å²) in [5, 5.41) is 13.9. The van der Waals surface area contributed by atoms with Gasteiger partial charge in [-0.05, 0) is 24.3 Å². The minimum atomic E-state index is -0.564. The third-order valence-corrected chi connectivity index (χ3v) is 3.84. The average Bonchev–Trinajstić information content (AvgIpc) is 3.01. The first-order valence-corrected chi connectivity index (χ1v) is 7.59. The molecule has 0 aliphatic carbocycles. The number of carbonyl (C=O) groups is 1. The Morgan fingerprint density at radius 2 is 1.84 bits per heavy atom. The Bertz CT molecular complexity index is 1150. The first-order valence-electron chi connectivity index (χ1n) is 7.59. The van der Waals surface area contributed by atoms with Gasteiger partial charge in [-0.1, -0.05) is 18.2 Å². The smallest absolute Gasteiger partial charge is 0.235 e. The minimum Gasteiger partial charge on any atom is -0.501 e. The van der Waals surface area contributed by atoms with Gasteiger partial charge in [0.1, 0.15) is 11.2 Å². The maximum absolute atomic E-state index is 12.4. The van der Waals surface area contributed by atoms with Crippen LogP contribution in [0.5, 0.6) is 5.75 Å². The van der Waals surface area contributed by atoms with E-state index in [0.717, 1.165) is 5.39 Å². The average molecular weight is 335 g/mol. The largest absolute Gasteiger partial charge is 0.501 e. The van der Waals surface area contributed by atoms with E-state index >= 15 is 0 Å². The normalized spacial score (nSPS) is 11.1. The lowest BCUT2D eigenvalue weighted by molar-refractivity contribution is -0.114. The Hall–Kier alpha value is -3.54. The molecule has 124 valence electrons. The highest BCUT2D eigenvalue weighted by molar-refractivity contribution is 5.92. The van der Waals surface area contributed by atoms with Crippen LogP contribution < -0.4 is 10.7 Å². The van der Waals surface area contributed by atoms with E-state index < -0.39 is 11.2 Å². The number of benzene rings is 2. The van der Waals surface area contributed by atoms with Gasteiger partial charge >= 0.3 is 0 Å². The van der Waals surface area contributed by atoms with Gasteiger partial charge in [-0.15, -0.1) is 0 Å². The monoisotopic (exact) mass is 335 g/mol. The van der Waals surface area contributed by atoms with E-state index in [1.54, 1.807) is 18.2 Å². The first kappa shape index (κ1) is 15.0. The number of hydrogen-bond acceptors (Lipinski definition) is 5. The fourth-order valence-corrected chi connectivity index (χ4v) is 2.73. The van der Waals surface area contributed by atoms with Crippen LogP contribution in [-0.2, 0) is 4.79 Å². The van der Waals surface area contributed by atoms with Crippen LogP contribution in [0.25, 0.3) is 33.5 Å². The number of anilines is 1. The molecule has 2 aromatic carbocycles. The van der Waals surface area contributed by atoms with E-state index in [4.69, 9.17) is 8.83 Å². The van der Waals surface area contributed by atoms with E-state index in [1.165, 1.54) is 19.1 Å². The van der Waals surface area contributed by atoms with Gasteiger partial charge in [0.15, 0.2) is 5.76 Å². The zero-order valence-electron chi connectivity index (χ0n) is 13.2. The van der Waals surface area contributed by atoms with Gasteiger partial charge in [0, 0.05) is 24.1 Å². The van der Waals surface area contributed by atoms with Crippen molar-refractivity contribution in [1.29, 1.82) is 0 Å². The van der Waals surface area contributed by atoms with Crippen molar-refractivity contribution in [1.82, 2.24) is 0 Å². The SMILES string of the molecule is CC(=O)Nc1ccc2c(=O)c(O)c(-c3cc4ccccc4o3)oc2c1. The van der Waals surface area contributed by atoms with Crippen molar-refractivity contribution in [3.05, 3.63) is 58.8 Å². The number of fused-ring (bicyclic) bond motifs is 2. The van der Waals surface area contributed by atoms with Gasteiger partial charge in [0.05, 0.1) is 5.39 Å². The maximum Gasteiger partial charge on any atom is 0.235 e. The molecule has 0 bridgehead atoms. The van der Waals surface area contributed by atoms with Crippen LogP contribution in [0.2, 0.25) is 0 Å². The zero-order valence-corrected chi connectivity index (χ0v) is 13.2. The second kappa shape index (κ2) is 5.52. The minimum absolute atomic E-state index is 0.0475. The topological polar surface area (TPSA) is 92.7 Å². The van der Waals surface area contributed by atoms with Crippen molar-refractivity contribution in [2.75, 3.05) is 5.32 Å². The molecule has 0 radical (unpaired) electrons. The van der Waals surface area contributed by atoms with E-state index in [-0.39, 0.29) is 28.4 Å². The second-order valence-electron chi connectivity index (χ2n) is 5.65. The molecule has 25 heavy (non-hydrogen) atoms. The molecule has 0 fully saturated rings. The van der Waals surface area contributed by atoms with Crippen LogP contribution in [-0.4, -0.2) is 11.0 Å². The highest BCUT2D eigenvalue weighted by atomic mass is 16.4. The molecule has 4 aromatic rings. The molecule has 6 nitrogen and oxygen atoms in total. The lowest BCUT2D eigenvalue weighted by Crippen LogP contribution is -2.07. The summed E-state index contributed by atoms with van der Waals surface area (Å²) in [6.07, 6.45) is 0. The fraction of sp³-hybridized carbons (Fsp3) is 0.0526. The van der Waals surface area contributed by atoms with E-state index in [9.17, 15) is 14.7 Å². The summed E-state index contributed by atoms with van der Waals surface area (Å²) in [7, 11) is 0. The molecule has 4 rings (SSSR count). The van der Waals surface area contributed by atoms with Crippen LogP contribution in [0.3, 0.4) is 0 Å². The van der Waals surface area contributed by atoms with Gasteiger partial charge in [-0.3, -0.25) is 9.59 Å². The van der Waals surface area contributed by atoms with Gasteiger partial charge in [0.25, 0.3) is 0 Å². The predicted molar refractivity (Wildman–Crippen MR) is 93.7 cm³/mol. The summed E-state index contributed by atoms with van der Waals surface area (Å²) in [5.41, 5.74) is 0.784. The highest BCUT2D eigenvalue weighted by Crippen LogP contribution is 2.34. The molecule has 0 aliphatic heterocycles. The summed E-state index contributed by atoms with van der Waals surface area (Å²) in [6.45, 7) is 1.39. The van der Waals surface area contributed by atoms with Crippen LogP contribution >= 0.6 is 0 Å². The summed E-state index contributed by atoms with van der Waals surface area (Å²) >= 11 is 0. The van der Waals surface area contributed by atoms with Crippen molar-refractivity contribution in [2.45, 2.75) is 6.92 Å². The third-order valence-electron chi connectivity index (χ3n) is 3.84. The Morgan fingerprint density at radius 1 is 1.04 bits per heavy atom. The molecule has 0 saturated heterocycles. The van der Waals surface area contributed by atoms with Crippen LogP contribution in [0.4, 0.5) is 5.69 Å². The predicted octanol–water partition coefficient (Wildman–Crippen LogP) is 3.87. The van der Waals surface area contributed by atoms with E-state index in [1.807, 2.05) is 18.2 Å². The number of furan rings is 1. The highest BCUT2D eigenvalue weighted by Gasteiger charge is 2.19. The first-order chi connectivity index (χ1) is 12.0. The Kier molecular flexibility index (Phi) is 3.32.